The number of hydrogen-bond donors (Lipinski definition) is 0. The van der Waals surface area contributed by atoms with E-state index in [0.717, 1.165) is 25.1 Å². The lowest BCUT2D eigenvalue weighted by Crippen LogP contribution is -1.95. The molecule has 1 aromatic heterocycles. The molecule has 0 saturated heterocycles. The Morgan fingerprint density at radius 1 is 1.29 bits per heavy atom. The van der Waals surface area contributed by atoms with Crippen LogP contribution < -0.4 is 4.74 Å². The van der Waals surface area contributed by atoms with Gasteiger partial charge in [-0.05, 0) is 35.2 Å². The molecule has 0 amide bonds. The summed E-state index contributed by atoms with van der Waals surface area (Å²) in [6.45, 7) is 0. The molecule has 5 heteroatoms. The van der Waals surface area contributed by atoms with Crippen LogP contribution in [0, 0.1) is 0 Å². The molecule has 90 valence electrons. The molecule has 2 aromatic rings. The summed E-state index contributed by atoms with van der Waals surface area (Å²) >= 11 is 15.1. The van der Waals surface area contributed by atoms with Crippen molar-refractivity contribution in [2.24, 2.45) is 0 Å². The Labute approximate surface area is 126 Å². The maximum absolute atomic E-state index is 6.51. The summed E-state index contributed by atoms with van der Waals surface area (Å²) in [5.41, 5.74) is 1.03. The number of benzene rings is 1. The zero-order valence-electron chi connectivity index (χ0n) is 8.91. The Kier molecular flexibility index (Phi) is 4.53. The van der Waals surface area contributed by atoms with E-state index in [1.165, 1.54) is 0 Å². The SMILES string of the molecule is COc1ccsc1C(Cl)c1cc(Br)ccc1Br. The van der Waals surface area contributed by atoms with Gasteiger partial charge in [0.05, 0.1) is 17.4 Å². The molecular weight excluding hydrogens is 387 g/mol. The molecule has 0 fully saturated rings. The molecule has 0 aliphatic rings. The third kappa shape index (κ3) is 2.87. The van der Waals surface area contributed by atoms with E-state index in [1.807, 2.05) is 29.6 Å². The van der Waals surface area contributed by atoms with Crippen molar-refractivity contribution in [3.63, 3.8) is 0 Å². The largest absolute Gasteiger partial charge is 0.496 e. The normalized spacial score (nSPS) is 12.5. The molecule has 0 spiro atoms. The quantitative estimate of drug-likeness (QED) is 0.613. The fourth-order valence-electron chi connectivity index (χ4n) is 1.51. The fourth-order valence-corrected chi connectivity index (χ4v) is 3.79. The van der Waals surface area contributed by atoms with Gasteiger partial charge in [0.15, 0.2) is 0 Å². The van der Waals surface area contributed by atoms with Gasteiger partial charge in [-0.15, -0.1) is 22.9 Å². The van der Waals surface area contributed by atoms with Crippen LogP contribution in [-0.4, -0.2) is 7.11 Å². The van der Waals surface area contributed by atoms with Crippen LogP contribution in [0.1, 0.15) is 15.8 Å². The predicted octanol–water partition coefficient (Wildman–Crippen LogP) is 5.61. The zero-order chi connectivity index (χ0) is 12.4. The molecular formula is C12H9Br2ClOS. The van der Waals surface area contributed by atoms with Gasteiger partial charge in [0.25, 0.3) is 0 Å². The van der Waals surface area contributed by atoms with Crippen molar-refractivity contribution < 1.29 is 4.74 Å². The third-order valence-electron chi connectivity index (χ3n) is 2.34. The summed E-state index contributed by atoms with van der Waals surface area (Å²) < 4.78 is 7.30. The summed E-state index contributed by atoms with van der Waals surface area (Å²) in [7, 11) is 1.66. The Morgan fingerprint density at radius 2 is 2.06 bits per heavy atom. The number of alkyl halides is 1. The van der Waals surface area contributed by atoms with E-state index in [9.17, 15) is 0 Å². The average molecular weight is 397 g/mol. The fraction of sp³-hybridized carbons (Fsp3) is 0.167. The molecule has 0 aliphatic heterocycles. The van der Waals surface area contributed by atoms with Gasteiger partial charge in [-0.25, -0.2) is 0 Å². The Morgan fingerprint density at radius 3 is 2.76 bits per heavy atom. The highest BCUT2D eigenvalue weighted by atomic mass is 79.9. The van der Waals surface area contributed by atoms with E-state index in [4.69, 9.17) is 16.3 Å². The highest BCUT2D eigenvalue weighted by molar-refractivity contribution is 9.11. The monoisotopic (exact) mass is 394 g/mol. The molecule has 2 rings (SSSR count). The first kappa shape index (κ1) is 13.4. The lowest BCUT2D eigenvalue weighted by atomic mass is 10.1. The Hall–Kier alpha value is -0.0300. The Bertz CT molecular complexity index is 527. The molecule has 0 saturated carbocycles. The van der Waals surface area contributed by atoms with Crippen molar-refractivity contribution in [3.05, 3.63) is 49.0 Å². The van der Waals surface area contributed by atoms with Gasteiger partial charge < -0.3 is 4.74 Å². The topological polar surface area (TPSA) is 9.23 Å². The van der Waals surface area contributed by atoms with E-state index in [2.05, 4.69) is 31.9 Å². The van der Waals surface area contributed by atoms with Gasteiger partial charge >= 0.3 is 0 Å². The predicted molar refractivity (Wildman–Crippen MR) is 80.4 cm³/mol. The first-order valence-electron chi connectivity index (χ1n) is 4.84. The first-order chi connectivity index (χ1) is 8.13. The molecule has 1 aromatic carbocycles. The van der Waals surface area contributed by atoms with Gasteiger partial charge in [-0.2, -0.15) is 0 Å². The zero-order valence-corrected chi connectivity index (χ0v) is 13.7. The minimum Gasteiger partial charge on any atom is -0.496 e. The van der Waals surface area contributed by atoms with E-state index in [-0.39, 0.29) is 5.38 Å². The molecule has 17 heavy (non-hydrogen) atoms. The van der Waals surface area contributed by atoms with Crippen LogP contribution in [-0.2, 0) is 0 Å². The molecule has 1 nitrogen and oxygen atoms in total. The number of rotatable bonds is 3. The smallest absolute Gasteiger partial charge is 0.134 e. The van der Waals surface area contributed by atoms with Crippen molar-refractivity contribution in [1.82, 2.24) is 0 Å². The summed E-state index contributed by atoms with van der Waals surface area (Å²) in [6, 6.07) is 7.90. The van der Waals surface area contributed by atoms with Gasteiger partial charge in [0.2, 0.25) is 0 Å². The lowest BCUT2D eigenvalue weighted by molar-refractivity contribution is 0.413. The van der Waals surface area contributed by atoms with Crippen molar-refractivity contribution >= 4 is 54.8 Å². The summed E-state index contributed by atoms with van der Waals surface area (Å²) in [6.07, 6.45) is 0. The van der Waals surface area contributed by atoms with Crippen LogP contribution >= 0.6 is 54.8 Å². The summed E-state index contributed by atoms with van der Waals surface area (Å²) in [5.74, 6) is 0.835. The summed E-state index contributed by atoms with van der Waals surface area (Å²) in [4.78, 5) is 1.02. The van der Waals surface area contributed by atoms with Crippen LogP contribution in [0.4, 0.5) is 0 Å². The maximum Gasteiger partial charge on any atom is 0.134 e. The van der Waals surface area contributed by atoms with E-state index >= 15 is 0 Å². The average Bonchev–Trinajstić information content (AvgIpc) is 2.79. The number of halogens is 3. The van der Waals surface area contributed by atoms with Crippen LogP contribution in [0.15, 0.2) is 38.6 Å². The van der Waals surface area contributed by atoms with Gasteiger partial charge in [-0.1, -0.05) is 31.9 Å². The van der Waals surface area contributed by atoms with Crippen molar-refractivity contribution in [2.75, 3.05) is 7.11 Å². The maximum atomic E-state index is 6.51. The van der Waals surface area contributed by atoms with Crippen LogP contribution in [0.25, 0.3) is 0 Å². The second-order valence-corrected chi connectivity index (χ2v) is 6.54. The number of hydrogen-bond acceptors (Lipinski definition) is 2. The number of ether oxygens (including phenoxy) is 1. The standard InChI is InChI=1S/C12H9Br2ClOS/c1-16-10-4-5-17-12(10)11(15)8-6-7(13)2-3-9(8)14/h2-6,11H,1H3. The highest BCUT2D eigenvalue weighted by Crippen LogP contribution is 2.42. The van der Waals surface area contributed by atoms with E-state index < -0.39 is 0 Å². The number of methoxy groups -OCH3 is 1. The third-order valence-corrected chi connectivity index (χ3v) is 5.10. The van der Waals surface area contributed by atoms with Crippen molar-refractivity contribution in [1.29, 1.82) is 0 Å². The van der Waals surface area contributed by atoms with Gasteiger partial charge in [-0.3, -0.25) is 0 Å². The van der Waals surface area contributed by atoms with Crippen molar-refractivity contribution in [2.45, 2.75) is 5.38 Å². The minimum atomic E-state index is -0.211. The molecule has 1 heterocycles. The van der Waals surface area contributed by atoms with Crippen LogP contribution in [0.5, 0.6) is 5.75 Å². The van der Waals surface area contributed by atoms with E-state index in [0.29, 0.717) is 0 Å². The minimum absolute atomic E-state index is 0.211. The lowest BCUT2D eigenvalue weighted by Gasteiger charge is -2.12. The molecule has 1 atom stereocenters. The van der Waals surface area contributed by atoms with Gasteiger partial charge in [0, 0.05) is 8.95 Å². The molecule has 0 radical (unpaired) electrons. The van der Waals surface area contributed by atoms with Crippen LogP contribution in [0.3, 0.4) is 0 Å². The Balaban J connectivity index is 2.43. The summed E-state index contributed by atoms with van der Waals surface area (Å²) in [5, 5.41) is 1.77. The first-order valence-corrected chi connectivity index (χ1v) is 7.74. The second kappa shape index (κ2) is 5.74. The second-order valence-electron chi connectivity index (χ2n) is 3.38. The van der Waals surface area contributed by atoms with E-state index in [1.54, 1.807) is 18.4 Å². The number of thiophene rings is 1. The highest BCUT2D eigenvalue weighted by Gasteiger charge is 2.19. The molecule has 0 bridgehead atoms. The van der Waals surface area contributed by atoms with Gasteiger partial charge in [0.1, 0.15) is 5.75 Å². The molecule has 1 unspecified atom stereocenters. The van der Waals surface area contributed by atoms with Crippen LogP contribution in [0.2, 0.25) is 0 Å². The van der Waals surface area contributed by atoms with Crippen molar-refractivity contribution in [3.8, 4) is 5.75 Å². The molecule has 0 aliphatic carbocycles. The molecule has 0 N–H and O–H groups in total.